The van der Waals surface area contributed by atoms with E-state index in [-0.39, 0.29) is 11.7 Å². The molecule has 0 atom stereocenters. The van der Waals surface area contributed by atoms with Gasteiger partial charge in [-0.25, -0.2) is 4.79 Å². The van der Waals surface area contributed by atoms with Gasteiger partial charge in [0.05, 0.1) is 0 Å². The first-order chi connectivity index (χ1) is 9.44. The van der Waals surface area contributed by atoms with Crippen molar-refractivity contribution >= 4 is 6.09 Å². The monoisotopic (exact) mass is 282 g/mol. The van der Waals surface area contributed by atoms with E-state index in [2.05, 4.69) is 5.32 Å². The summed E-state index contributed by atoms with van der Waals surface area (Å²) in [6.45, 7) is 8.64. The van der Waals surface area contributed by atoms with Crippen LogP contribution in [0.15, 0.2) is 0 Å². The van der Waals surface area contributed by atoms with Crippen LogP contribution >= 0.6 is 0 Å². The Balaban J connectivity index is 1.57. The Morgan fingerprint density at radius 1 is 1.20 bits per heavy atom. The molecule has 0 bridgehead atoms. The number of amides is 1. The Hall–Kier alpha value is -0.770. The predicted octanol–water partition coefficient (Wildman–Crippen LogP) is 3.17. The number of hydrogen-bond donors (Lipinski definition) is 1. The summed E-state index contributed by atoms with van der Waals surface area (Å²) in [4.78, 5) is 13.8. The van der Waals surface area contributed by atoms with Gasteiger partial charge in [0.15, 0.2) is 0 Å². The Morgan fingerprint density at radius 3 is 2.40 bits per heavy atom. The third-order valence-electron chi connectivity index (χ3n) is 4.07. The van der Waals surface area contributed by atoms with E-state index in [1.807, 2.05) is 25.7 Å². The van der Waals surface area contributed by atoms with E-state index in [1.165, 1.54) is 25.7 Å². The van der Waals surface area contributed by atoms with Crippen molar-refractivity contribution in [3.8, 4) is 0 Å². The van der Waals surface area contributed by atoms with Crippen molar-refractivity contribution in [2.24, 2.45) is 5.92 Å². The zero-order chi connectivity index (χ0) is 14.6. The molecule has 4 nitrogen and oxygen atoms in total. The molecular formula is C16H30N2O2. The topological polar surface area (TPSA) is 41.6 Å². The van der Waals surface area contributed by atoms with E-state index in [4.69, 9.17) is 4.74 Å². The third kappa shape index (κ3) is 5.70. The smallest absolute Gasteiger partial charge is 0.410 e. The van der Waals surface area contributed by atoms with E-state index < -0.39 is 0 Å². The first-order valence-corrected chi connectivity index (χ1v) is 8.15. The fraction of sp³-hybridized carbons (Fsp3) is 0.938. The Morgan fingerprint density at radius 2 is 1.85 bits per heavy atom. The van der Waals surface area contributed by atoms with Crippen LogP contribution in [0.2, 0.25) is 0 Å². The van der Waals surface area contributed by atoms with Crippen molar-refractivity contribution in [3.63, 3.8) is 0 Å². The van der Waals surface area contributed by atoms with Crippen molar-refractivity contribution in [2.45, 2.75) is 70.9 Å². The average Bonchev–Trinajstić information content (AvgIpc) is 3.17. The van der Waals surface area contributed by atoms with Crippen LogP contribution in [-0.4, -0.2) is 42.3 Å². The summed E-state index contributed by atoms with van der Waals surface area (Å²) in [5.41, 5.74) is -0.386. The molecule has 1 saturated carbocycles. The lowest BCUT2D eigenvalue weighted by atomic mass is 9.92. The maximum Gasteiger partial charge on any atom is 0.410 e. The molecule has 0 aromatic carbocycles. The molecule has 0 aromatic rings. The fourth-order valence-corrected chi connectivity index (χ4v) is 2.72. The van der Waals surface area contributed by atoms with Gasteiger partial charge in [-0.2, -0.15) is 0 Å². The highest BCUT2D eigenvalue weighted by molar-refractivity contribution is 5.68. The molecule has 0 unspecified atom stereocenters. The molecule has 116 valence electrons. The Kier molecular flexibility index (Phi) is 5.30. The molecule has 0 aromatic heterocycles. The van der Waals surface area contributed by atoms with Crippen LogP contribution in [0.4, 0.5) is 4.79 Å². The maximum absolute atomic E-state index is 12.0. The molecule has 2 aliphatic rings. The predicted molar refractivity (Wildman–Crippen MR) is 80.8 cm³/mol. The summed E-state index contributed by atoms with van der Waals surface area (Å²) in [5.74, 6) is 0.787. The highest BCUT2D eigenvalue weighted by Crippen LogP contribution is 2.24. The van der Waals surface area contributed by atoms with Gasteiger partial charge in [-0.05, 0) is 71.8 Å². The van der Waals surface area contributed by atoms with Gasteiger partial charge in [0, 0.05) is 19.1 Å². The fourth-order valence-electron chi connectivity index (χ4n) is 2.72. The highest BCUT2D eigenvalue weighted by atomic mass is 16.6. The highest BCUT2D eigenvalue weighted by Gasteiger charge is 2.26. The van der Waals surface area contributed by atoms with Crippen LogP contribution in [0.25, 0.3) is 0 Å². The Labute approximate surface area is 123 Å². The number of carbonyl (C=O) groups is 1. The van der Waals surface area contributed by atoms with Gasteiger partial charge in [-0.1, -0.05) is 0 Å². The molecule has 4 heteroatoms. The second-order valence-corrected chi connectivity index (χ2v) is 7.28. The zero-order valence-corrected chi connectivity index (χ0v) is 13.3. The molecule has 1 aliphatic carbocycles. The first kappa shape index (κ1) is 15.6. The molecule has 2 fully saturated rings. The number of likely N-dealkylation sites (tertiary alicyclic amines) is 1. The van der Waals surface area contributed by atoms with Gasteiger partial charge in [-0.15, -0.1) is 0 Å². The number of ether oxygens (including phenoxy) is 1. The number of piperidine rings is 1. The summed E-state index contributed by atoms with van der Waals surface area (Å²) in [5, 5.41) is 3.56. The molecule has 2 rings (SSSR count). The molecule has 20 heavy (non-hydrogen) atoms. The quantitative estimate of drug-likeness (QED) is 0.788. The number of hydrogen-bond acceptors (Lipinski definition) is 3. The molecule has 0 spiro atoms. The minimum atomic E-state index is -0.386. The molecular weight excluding hydrogens is 252 g/mol. The van der Waals surface area contributed by atoms with Gasteiger partial charge in [0.1, 0.15) is 5.60 Å². The van der Waals surface area contributed by atoms with Crippen LogP contribution in [0.5, 0.6) is 0 Å². The average molecular weight is 282 g/mol. The molecule has 0 radical (unpaired) electrons. The summed E-state index contributed by atoms with van der Waals surface area (Å²) in [7, 11) is 0. The summed E-state index contributed by atoms with van der Waals surface area (Å²) >= 11 is 0. The van der Waals surface area contributed by atoms with Crippen molar-refractivity contribution in [3.05, 3.63) is 0 Å². The van der Waals surface area contributed by atoms with Crippen molar-refractivity contribution in [1.29, 1.82) is 0 Å². The molecule has 1 N–H and O–H groups in total. The van der Waals surface area contributed by atoms with E-state index in [0.29, 0.717) is 0 Å². The van der Waals surface area contributed by atoms with Crippen LogP contribution in [0, 0.1) is 5.92 Å². The molecule has 1 aliphatic heterocycles. The lowest BCUT2D eigenvalue weighted by Gasteiger charge is -2.33. The second-order valence-electron chi connectivity index (χ2n) is 7.28. The van der Waals surface area contributed by atoms with Gasteiger partial charge < -0.3 is 15.0 Å². The van der Waals surface area contributed by atoms with Crippen molar-refractivity contribution in [2.75, 3.05) is 19.6 Å². The summed E-state index contributed by atoms with van der Waals surface area (Å²) < 4.78 is 5.42. The summed E-state index contributed by atoms with van der Waals surface area (Å²) in [6, 6.07) is 0.823. The van der Waals surface area contributed by atoms with Crippen LogP contribution < -0.4 is 5.32 Å². The van der Waals surface area contributed by atoms with E-state index in [1.54, 1.807) is 0 Å². The van der Waals surface area contributed by atoms with Crippen LogP contribution in [-0.2, 0) is 4.74 Å². The number of nitrogens with one attached hydrogen (secondary N) is 1. The van der Waals surface area contributed by atoms with E-state index >= 15 is 0 Å². The van der Waals surface area contributed by atoms with Crippen molar-refractivity contribution in [1.82, 2.24) is 10.2 Å². The number of rotatable bonds is 5. The molecule has 1 amide bonds. The van der Waals surface area contributed by atoms with Gasteiger partial charge in [0.2, 0.25) is 0 Å². The summed E-state index contributed by atoms with van der Waals surface area (Å²) in [6.07, 6.45) is 7.41. The minimum absolute atomic E-state index is 0.147. The largest absolute Gasteiger partial charge is 0.444 e. The van der Waals surface area contributed by atoms with Gasteiger partial charge >= 0.3 is 6.09 Å². The molecule has 1 heterocycles. The van der Waals surface area contributed by atoms with E-state index in [0.717, 1.165) is 44.4 Å². The van der Waals surface area contributed by atoms with Gasteiger partial charge in [0.25, 0.3) is 0 Å². The maximum atomic E-state index is 12.0. The lowest BCUT2D eigenvalue weighted by molar-refractivity contribution is 0.0180. The first-order valence-electron chi connectivity index (χ1n) is 8.15. The Bertz CT molecular complexity index is 313. The minimum Gasteiger partial charge on any atom is -0.444 e. The SMILES string of the molecule is CC(C)(C)OC(=O)N1CCC(CCCNC2CC2)CC1. The van der Waals surface area contributed by atoms with Gasteiger partial charge in [-0.3, -0.25) is 0 Å². The zero-order valence-electron chi connectivity index (χ0n) is 13.3. The lowest BCUT2D eigenvalue weighted by Crippen LogP contribution is -2.41. The van der Waals surface area contributed by atoms with Crippen LogP contribution in [0.3, 0.4) is 0 Å². The normalized spacial score (nSPS) is 21.1. The standard InChI is InChI=1S/C16H30N2O2/c1-16(2,3)20-15(19)18-11-8-13(9-12-18)5-4-10-17-14-6-7-14/h13-14,17H,4-12H2,1-3H3. The second kappa shape index (κ2) is 6.79. The van der Waals surface area contributed by atoms with Crippen LogP contribution in [0.1, 0.15) is 59.3 Å². The number of carbonyl (C=O) groups excluding carboxylic acids is 1. The third-order valence-corrected chi connectivity index (χ3v) is 4.07. The van der Waals surface area contributed by atoms with E-state index in [9.17, 15) is 4.79 Å². The van der Waals surface area contributed by atoms with Crippen molar-refractivity contribution < 1.29 is 9.53 Å². The molecule has 1 saturated heterocycles. The number of nitrogens with zero attached hydrogens (tertiary/aromatic N) is 1.